The number of benzene rings is 2. The molecular weight excluding hydrogens is 857 g/mol. The Morgan fingerprint density at radius 3 is 2.35 bits per heavy atom. The number of piperazine rings is 1. The number of halogens is 2. The van der Waals surface area contributed by atoms with Crippen molar-refractivity contribution in [2.24, 2.45) is 0 Å². The average Bonchev–Trinajstić information content (AvgIpc) is 3.92. The third kappa shape index (κ3) is 8.65. The summed E-state index contributed by atoms with van der Waals surface area (Å²) in [5, 5.41) is 8.52. The molecule has 6 heterocycles. The molecule has 7 amide bonds. The van der Waals surface area contributed by atoms with Crippen LogP contribution in [0.3, 0.4) is 0 Å². The highest BCUT2D eigenvalue weighted by Crippen LogP contribution is 2.40. The molecule has 3 saturated heterocycles. The van der Waals surface area contributed by atoms with Gasteiger partial charge in [0, 0.05) is 89.0 Å². The van der Waals surface area contributed by atoms with Gasteiger partial charge in [-0.2, -0.15) is 13.8 Å². The number of nitrogens with one attached hydrogen (secondary N) is 3. The highest BCUT2D eigenvalue weighted by molar-refractivity contribution is 6.25. The lowest BCUT2D eigenvalue weighted by atomic mass is 10.0. The highest BCUT2D eigenvalue weighted by atomic mass is 19.3. The minimum Gasteiger partial charge on any atom is -0.368 e. The van der Waals surface area contributed by atoms with Crippen LogP contribution in [0.1, 0.15) is 94.4 Å². The van der Waals surface area contributed by atoms with Gasteiger partial charge in [0.25, 0.3) is 23.6 Å². The van der Waals surface area contributed by atoms with E-state index in [1.165, 1.54) is 13.2 Å². The smallest absolute Gasteiger partial charge is 0.342 e. The second-order valence-electron chi connectivity index (χ2n) is 18.0. The number of aromatic nitrogens is 2. The first kappa shape index (κ1) is 44.6. The van der Waals surface area contributed by atoms with Gasteiger partial charge in [-0.1, -0.05) is 18.9 Å². The number of anilines is 5. The van der Waals surface area contributed by atoms with Crippen molar-refractivity contribution in [2.75, 3.05) is 79.4 Å². The molecule has 1 aromatic heterocycles. The van der Waals surface area contributed by atoms with E-state index in [4.69, 9.17) is 0 Å². The summed E-state index contributed by atoms with van der Waals surface area (Å²) in [6.07, 6.45) is 6.38. The molecule has 2 aromatic carbocycles. The van der Waals surface area contributed by atoms with Crippen molar-refractivity contribution in [3.05, 3.63) is 64.8 Å². The maximum absolute atomic E-state index is 15.0. The molecule has 5 aliphatic heterocycles. The lowest BCUT2D eigenvalue weighted by Gasteiger charge is -2.37. The molecule has 18 nitrogen and oxygen atoms in total. The number of nitrogens with zero attached hydrogens (tertiary/aromatic N) is 8. The molecular formula is C46H53F2N11O7. The minimum absolute atomic E-state index is 0.0441. The number of imide groups is 2. The minimum atomic E-state index is -3.58. The number of likely N-dealkylation sites (tertiary alicyclic amines) is 1. The van der Waals surface area contributed by atoms with Crippen molar-refractivity contribution in [1.29, 1.82) is 0 Å². The molecule has 4 fully saturated rings. The van der Waals surface area contributed by atoms with Gasteiger partial charge in [0.1, 0.15) is 11.7 Å². The predicted octanol–water partition coefficient (Wildman–Crippen LogP) is 3.22. The van der Waals surface area contributed by atoms with Crippen LogP contribution in [0.4, 0.5) is 37.6 Å². The summed E-state index contributed by atoms with van der Waals surface area (Å²) < 4.78 is 30.1. The summed E-state index contributed by atoms with van der Waals surface area (Å²) in [5.41, 5.74) is 3.19. The number of alkyl halides is 2. The van der Waals surface area contributed by atoms with Crippen LogP contribution >= 0.6 is 0 Å². The monoisotopic (exact) mass is 909 g/mol. The summed E-state index contributed by atoms with van der Waals surface area (Å²) in [4.78, 5) is 109. The second-order valence-corrected chi connectivity index (χ2v) is 18.0. The Hall–Kier alpha value is -6.57. The fourth-order valence-electron chi connectivity index (χ4n) is 10.1. The van der Waals surface area contributed by atoms with Crippen molar-refractivity contribution >= 4 is 70.2 Å². The summed E-state index contributed by atoms with van der Waals surface area (Å²) in [6.45, 7) is 5.12. The van der Waals surface area contributed by atoms with Crippen molar-refractivity contribution < 1.29 is 42.3 Å². The number of carbonyl (C=O) groups is 7. The first-order chi connectivity index (χ1) is 31.7. The third-order valence-electron chi connectivity index (χ3n) is 13.9. The molecule has 3 aromatic rings. The number of hydrogen-bond acceptors (Lipinski definition) is 13. The lowest BCUT2D eigenvalue weighted by molar-refractivity contribution is -0.140. The number of rotatable bonds is 10. The highest BCUT2D eigenvalue weighted by Gasteiger charge is 2.49. The molecule has 1 saturated carbocycles. The summed E-state index contributed by atoms with van der Waals surface area (Å²) in [5.74, 6) is -6.76. The summed E-state index contributed by atoms with van der Waals surface area (Å²) in [6, 6.07) is 9.00. The fraction of sp³-hybridized carbons (Fsp3) is 0.500. The van der Waals surface area contributed by atoms with Gasteiger partial charge in [-0.15, -0.1) is 0 Å². The molecule has 1 unspecified atom stereocenters. The molecule has 348 valence electrons. The van der Waals surface area contributed by atoms with Crippen LogP contribution in [0.2, 0.25) is 0 Å². The predicted molar refractivity (Wildman–Crippen MR) is 238 cm³/mol. The van der Waals surface area contributed by atoms with Gasteiger partial charge in [0.2, 0.25) is 23.7 Å². The van der Waals surface area contributed by atoms with Gasteiger partial charge in [0.15, 0.2) is 5.82 Å². The zero-order valence-corrected chi connectivity index (χ0v) is 37.0. The second kappa shape index (κ2) is 18.0. The van der Waals surface area contributed by atoms with Crippen molar-refractivity contribution in [3.8, 4) is 0 Å². The molecule has 0 radical (unpaired) electrons. The SMILES string of the molecule is Cc1cc(C(=O)NC2CCN(C(=O)CCN3CCN(c4cccc5c4C(=O)N(C4CCC(=O)NC4=O)C5=O)CC3)CC2)ccc1Nc1ncc2c(n1)N(C1CCCC1)CC(F)(F)C(=O)N2C. The van der Waals surface area contributed by atoms with E-state index in [0.29, 0.717) is 82.0 Å². The Morgan fingerprint density at radius 1 is 0.894 bits per heavy atom. The van der Waals surface area contributed by atoms with Gasteiger partial charge in [-0.05, 0) is 74.9 Å². The van der Waals surface area contributed by atoms with Gasteiger partial charge in [0.05, 0.1) is 29.6 Å². The van der Waals surface area contributed by atoms with Crippen molar-refractivity contribution in [1.82, 2.24) is 35.3 Å². The topological polar surface area (TPSA) is 201 Å². The molecule has 0 spiro atoms. The van der Waals surface area contributed by atoms with Crippen LogP contribution < -0.4 is 30.7 Å². The molecule has 9 rings (SSSR count). The van der Waals surface area contributed by atoms with Crippen LogP contribution in [0.5, 0.6) is 0 Å². The summed E-state index contributed by atoms with van der Waals surface area (Å²) in [7, 11) is 1.31. The zero-order valence-electron chi connectivity index (χ0n) is 37.0. The number of carbonyl (C=O) groups excluding carboxylic acids is 7. The van der Waals surface area contributed by atoms with E-state index in [-0.39, 0.29) is 65.3 Å². The van der Waals surface area contributed by atoms with Gasteiger partial charge in [-0.3, -0.25) is 48.7 Å². The number of hydrogen-bond donors (Lipinski definition) is 3. The Balaban J connectivity index is 0.735. The van der Waals surface area contributed by atoms with Crippen LogP contribution in [-0.4, -0.2) is 149 Å². The Labute approximate surface area is 380 Å². The number of fused-ring (bicyclic) bond motifs is 2. The maximum atomic E-state index is 15.0. The van der Waals surface area contributed by atoms with E-state index in [1.807, 2.05) is 11.8 Å². The van der Waals surface area contributed by atoms with Gasteiger partial charge >= 0.3 is 5.92 Å². The molecule has 6 aliphatic rings. The normalized spacial score (nSPS) is 21.8. The molecule has 66 heavy (non-hydrogen) atoms. The van der Waals surface area contributed by atoms with E-state index in [0.717, 1.165) is 41.0 Å². The molecule has 1 atom stereocenters. The van der Waals surface area contributed by atoms with Crippen LogP contribution in [0, 0.1) is 6.92 Å². The van der Waals surface area contributed by atoms with E-state index >= 15 is 8.78 Å². The quantitative estimate of drug-likeness (QED) is 0.251. The maximum Gasteiger partial charge on any atom is 0.342 e. The zero-order chi connectivity index (χ0) is 46.4. The first-order valence-electron chi connectivity index (χ1n) is 22.7. The van der Waals surface area contributed by atoms with E-state index in [2.05, 4.69) is 35.7 Å². The van der Waals surface area contributed by atoms with Crippen molar-refractivity contribution in [3.63, 3.8) is 0 Å². The molecule has 20 heteroatoms. The average molecular weight is 910 g/mol. The van der Waals surface area contributed by atoms with E-state index in [9.17, 15) is 33.6 Å². The van der Waals surface area contributed by atoms with Crippen LogP contribution in [0.25, 0.3) is 0 Å². The third-order valence-corrected chi connectivity index (χ3v) is 13.9. The summed E-state index contributed by atoms with van der Waals surface area (Å²) >= 11 is 0. The van der Waals surface area contributed by atoms with Crippen LogP contribution in [-0.2, 0) is 19.2 Å². The molecule has 3 N–H and O–H groups in total. The first-order valence-corrected chi connectivity index (χ1v) is 22.7. The molecule has 1 aliphatic carbocycles. The van der Waals surface area contributed by atoms with E-state index in [1.54, 1.807) is 41.3 Å². The van der Waals surface area contributed by atoms with E-state index < -0.39 is 48.0 Å². The standard InChI is InChI=1S/C46H53F2N11O7/c1-27-24-28(10-11-32(27)51-45-49-25-35-39(53-45)58(30-6-3-4-7-30)26-46(47,48)44(66)54(35)2)40(62)50-29-14-18-57(19-15-29)37(61)16-17-55-20-22-56(23-21-55)33-9-5-8-31-38(33)43(65)59(42(31)64)34-12-13-36(60)52-41(34)63/h5,8-11,24-25,29-30,34H,3-4,6-7,12-23,26H2,1-2H3,(H,50,62)(H,49,51,53)(H,52,60,63). The van der Waals surface area contributed by atoms with Crippen LogP contribution in [0.15, 0.2) is 42.6 Å². The van der Waals surface area contributed by atoms with Crippen molar-refractivity contribution in [2.45, 2.75) is 88.8 Å². The van der Waals surface area contributed by atoms with Gasteiger partial charge in [-0.25, -0.2) is 4.98 Å². The molecule has 0 bridgehead atoms. The number of amides is 7. The van der Waals surface area contributed by atoms with Gasteiger partial charge < -0.3 is 30.2 Å². The largest absolute Gasteiger partial charge is 0.368 e. The Morgan fingerprint density at radius 2 is 1.64 bits per heavy atom. The fourth-order valence-corrected chi connectivity index (χ4v) is 10.1. The Bertz CT molecular complexity index is 2480. The Kier molecular flexibility index (Phi) is 12.2. The lowest BCUT2D eigenvalue weighted by Crippen LogP contribution is -2.54. The number of piperidine rings is 2. The number of aryl methyl sites for hydroxylation is 1.